The minimum Gasteiger partial charge on any atom is -0.356 e. The van der Waals surface area contributed by atoms with Gasteiger partial charge in [0.2, 0.25) is 0 Å². The largest absolute Gasteiger partial charge is 0.356 e. The van der Waals surface area contributed by atoms with Gasteiger partial charge in [-0.15, -0.1) is 11.3 Å². The van der Waals surface area contributed by atoms with Crippen LogP contribution in [-0.4, -0.2) is 24.5 Å². The predicted octanol–water partition coefficient (Wildman–Crippen LogP) is 2.67. The number of aromatic nitrogens is 1. The summed E-state index contributed by atoms with van der Waals surface area (Å²) in [6.07, 6.45) is 0.986. The molecule has 0 fully saturated rings. The number of nitrogens with one attached hydrogen (secondary N) is 2. The molecular weight excluding hydrogens is 280 g/mol. The van der Waals surface area contributed by atoms with Crippen LogP contribution in [0.15, 0.2) is 35.3 Å². The van der Waals surface area contributed by atoms with Crippen molar-refractivity contribution in [3.63, 3.8) is 0 Å². The number of thiazole rings is 1. The van der Waals surface area contributed by atoms with E-state index in [4.69, 9.17) is 0 Å². The molecule has 112 valence electrons. The molecule has 1 aromatic carbocycles. The van der Waals surface area contributed by atoms with E-state index < -0.39 is 0 Å². The van der Waals surface area contributed by atoms with Gasteiger partial charge in [0.25, 0.3) is 0 Å². The van der Waals surface area contributed by atoms with E-state index in [0.717, 1.165) is 36.2 Å². The Hall–Kier alpha value is -1.88. The maximum Gasteiger partial charge on any atom is 0.191 e. The number of benzene rings is 1. The monoisotopic (exact) mass is 302 g/mol. The van der Waals surface area contributed by atoms with E-state index in [0.29, 0.717) is 0 Å². The molecule has 0 saturated heterocycles. The Labute approximate surface area is 130 Å². The first-order chi connectivity index (χ1) is 10.2. The SMILES string of the molecule is CN=C(NCCc1ccccc1)NCc1sc(C)nc1C. The maximum absolute atomic E-state index is 4.43. The predicted molar refractivity (Wildman–Crippen MR) is 89.9 cm³/mol. The van der Waals surface area contributed by atoms with Gasteiger partial charge in [0.15, 0.2) is 5.96 Å². The molecule has 0 atom stereocenters. The van der Waals surface area contributed by atoms with Crippen molar-refractivity contribution in [3.8, 4) is 0 Å². The summed E-state index contributed by atoms with van der Waals surface area (Å²) >= 11 is 1.73. The summed E-state index contributed by atoms with van der Waals surface area (Å²) in [5, 5.41) is 7.78. The average Bonchev–Trinajstić information content (AvgIpc) is 2.81. The van der Waals surface area contributed by atoms with Crippen molar-refractivity contribution in [2.45, 2.75) is 26.8 Å². The molecule has 2 N–H and O–H groups in total. The lowest BCUT2D eigenvalue weighted by molar-refractivity contribution is 0.796. The molecule has 0 aliphatic rings. The fourth-order valence-electron chi connectivity index (χ4n) is 2.09. The van der Waals surface area contributed by atoms with Gasteiger partial charge in [-0.3, -0.25) is 4.99 Å². The van der Waals surface area contributed by atoms with Gasteiger partial charge < -0.3 is 10.6 Å². The van der Waals surface area contributed by atoms with Crippen LogP contribution < -0.4 is 10.6 Å². The number of hydrogen-bond acceptors (Lipinski definition) is 3. The lowest BCUT2D eigenvalue weighted by atomic mass is 10.1. The molecule has 5 heteroatoms. The molecule has 2 rings (SSSR count). The van der Waals surface area contributed by atoms with Gasteiger partial charge in [0.05, 0.1) is 17.2 Å². The molecule has 0 radical (unpaired) electrons. The highest BCUT2D eigenvalue weighted by Crippen LogP contribution is 2.16. The summed E-state index contributed by atoms with van der Waals surface area (Å²) in [4.78, 5) is 9.95. The third kappa shape index (κ3) is 4.86. The lowest BCUT2D eigenvalue weighted by Gasteiger charge is -2.11. The van der Waals surface area contributed by atoms with Crippen molar-refractivity contribution in [2.24, 2.45) is 4.99 Å². The zero-order valence-corrected chi connectivity index (χ0v) is 13.6. The van der Waals surface area contributed by atoms with E-state index in [1.807, 2.05) is 19.9 Å². The first-order valence-corrected chi connectivity index (χ1v) is 7.92. The highest BCUT2D eigenvalue weighted by Gasteiger charge is 2.05. The zero-order valence-electron chi connectivity index (χ0n) is 12.8. The van der Waals surface area contributed by atoms with Crippen molar-refractivity contribution in [2.75, 3.05) is 13.6 Å². The van der Waals surface area contributed by atoms with Crippen molar-refractivity contribution in [3.05, 3.63) is 51.5 Å². The van der Waals surface area contributed by atoms with E-state index in [9.17, 15) is 0 Å². The maximum atomic E-state index is 4.43. The molecule has 0 amide bonds. The average molecular weight is 302 g/mol. The van der Waals surface area contributed by atoms with Crippen LogP contribution >= 0.6 is 11.3 Å². The zero-order chi connectivity index (χ0) is 15.1. The molecule has 1 aromatic heterocycles. The van der Waals surface area contributed by atoms with Gasteiger partial charge in [-0.1, -0.05) is 30.3 Å². The standard InChI is InChI=1S/C16H22N4S/c1-12-15(21-13(2)20-12)11-19-16(17-3)18-10-9-14-7-5-4-6-8-14/h4-8H,9-11H2,1-3H3,(H2,17,18,19). The Bertz CT molecular complexity index is 590. The number of nitrogens with zero attached hydrogens (tertiary/aromatic N) is 2. The van der Waals surface area contributed by atoms with E-state index in [1.54, 1.807) is 18.4 Å². The number of hydrogen-bond donors (Lipinski definition) is 2. The van der Waals surface area contributed by atoms with E-state index in [2.05, 4.69) is 44.9 Å². The molecular formula is C16H22N4S. The number of aliphatic imine (C=N–C) groups is 1. The van der Waals surface area contributed by atoms with Crippen LogP contribution in [-0.2, 0) is 13.0 Å². The fourth-order valence-corrected chi connectivity index (χ4v) is 2.97. The number of guanidine groups is 1. The third-order valence-corrected chi connectivity index (χ3v) is 4.26. The molecule has 21 heavy (non-hydrogen) atoms. The van der Waals surface area contributed by atoms with Gasteiger partial charge in [-0.25, -0.2) is 4.98 Å². The topological polar surface area (TPSA) is 49.3 Å². The molecule has 0 spiro atoms. The molecule has 0 unspecified atom stereocenters. The minimum absolute atomic E-state index is 0.766. The molecule has 1 heterocycles. The summed E-state index contributed by atoms with van der Waals surface area (Å²) in [7, 11) is 1.79. The molecule has 0 aliphatic heterocycles. The van der Waals surface area contributed by atoms with Gasteiger partial charge in [-0.2, -0.15) is 0 Å². The molecule has 0 saturated carbocycles. The van der Waals surface area contributed by atoms with E-state index in [-0.39, 0.29) is 0 Å². The van der Waals surface area contributed by atoms with Crippen LogP contribution in [0.1, 0.15) is 21.1 Å². The van der Waals surface area contributed by atoms with Crippen molar-refractivity contribution in [1.29, 1.82) is 0 Å². The Kier molecular flexibility index (Phi) is 5.75. The normalized spacial score (nSPS) is 11.5. The van der Waals surface area contributed by atoms with E-state index in [1.165, 1.54) is 10.4 Å². The second-order valence-electron chi connectivity index (χ2n) is 4.83. The van der Waals surface area contributed by atoms with E-state index >= 15 is 0 Å². The summed E-state index contributed by atoms with van der Waals surface area (Å²) in [6.45, 7) is 5.72. The Morgan fingerprint density at radius 3 is 2.57 bits per heavy atom. The van der Waals surface area contributed by atoms with Crippen molar-refractivity contribution >= 4 is 17.3 Å². The van der Waals surface area contributed by atoms with Crippen LogP contribution in [0.25, 0.3) is 0 Å². The highest BCUT2D eigenvalue weighted by molar-refractivity contribution is 7.11. The van der Waals surface area contributed by atoms with Crippen LogP contribution in [0.5, 0.6) is 0 Å². The van der Waals surface area contributed by atoms with Gasteiger partial charge in [0, 0.05) is 18.5 Å². The first kappa shape index (κ1) is 15.5. The lowest BCUT2D eigenvalue weighted by Crippen LogP contribution is -2.37. The van der Waals surface area contributed by atoms with Crippen LogP contribution in [0.4, 0.5) is 0 Å². The number of aryl methyl sites for hydroxylation is 2. The third-order valence-electron chi connectivity index (χ3n) is 3.19. The van der Waals surface area contributed by atoms with Crippen molar-refractivity contribution in [1.82, 2.24) is 15.6 Å². The Balaban J connectivity index is 1.77. The van der Waals surface area contributed by atoms with Crippen LogP contribution in [0.3, 0.4) is 0 Å². The summed E-state index contributed by atoms with van der Waals surface area (Å²) in [5.41, 5.74) is 2.43. The van der Waals surface area contributed by atoms with Gasteiger partial charge in [0.1, 0.15) is 0 Å². The second-order valence-corrected chi connectivity index (χ2v) is 6.12. The second kappa shape index (κ2) is 7.78. The first-order valence-electron chi connectivity index (χ1n) is 7.10. The van der Waals surface area contributed by atoms with Gasteiger partial charge in [-0.05, 0) is 25.8 Å². The fraction of sp³-hybridized carbons (Fsp3) is 0.375. The smallest absolute Gasteiger partial charge is 0.191 e. The van der Waals surface area contributed by atoms with Crippen LogP contribution in [0, 0.1) is 13.8 Å². The molecule has 2 aromatic rings. The summed E-state index contributed by atoms with van der Waals surface area (Å²) in [6, 6.07) is 10.5. The summed E-state index contributed by atoms with van der Waals surface area (Å²) in [5.74, 6) is 0.830. The molecule has 0 bridgehead atoms. The Morgan fingerprint density at radius 2 is 1.95 bits per heavy atom. The summed E-state index contributed by atoms with van der Waals surface area (Å²) < 4.78 is 0. The van der Waals surface area contributed by atoms with Gasteiger partial charge >= 0.3 is 0 Å². The highest BCUT2D eigenvalue weighted by atomic mass is 32.1. The number of rotatable bonds is 5. The molecule has 0 aliphatic carbocycles. The molecule has 4 nitrogen and oxygen atoms in total. The Morgan fingerprint density at radius 1 is 1.19 bits per heavy atom. The quantitative estimate of drug-likeness (QED) is 0.659. The minimum atomic E-state index is 0.766. The van der Waals surface area contributed by atoms with Crippen LogP contribution in [0.2, 0.25) is 0 Å². The van der Waals surface area contributed by atoms with Crippen molar-refractivity contribution < 1.29 is 0 Å².